The van der Waals surface area contributed by atoms with E-state index in [0.717, 1.165) is 89.9 Å². The van der Waals surface area contributed by atoms with Crippen molar-refractivity contribution < 1.29 is 57.9 Å². The number of non-ortho nitro benzene ring substituents is 2. The predicted molar refractivity (Wildman–Crippen MR) is 305 cm³/mol. The van der Waals surface area contributed by atoms with Crippen LogP contribution in [0.1, 0.15) is 65.7 Å². The maximum absolute atomic E-state index is 11.1. The molecule has 3 aliphatic rings. The number of esters is 2. The average molecular weight is 1220 g/mol. The topological polar surface area (TPSA) is 394 Å². The number of anilines is 5. The Labute approximate surface area is 461 Å². The fourth-order valence-electron chi connectivity index (χ4n) is 6.63. The van der Waals surface area contributed by atoms with Gasteiger partial charge in [0.25, 0.3) is 22.7 Å². The molecule has 0 bridgehead atoms. The summed E-state index contributed by atoms with van der Waals surface area (Å²) in [5.74, 6) is 6.10. The van der Waals surface area contributed by atoms with E-state index in [1.807, 2.05) is 36.4 Å². The molecule has 26 nitrogen and oxygen atoms in total. The number of hydrazine groups is 1. The molecule has 5 aromatic carbocycles. The molecule has 0 spiro atoms. The first kappa shape index (κ1) is 63.6. The second-order valence-electron chi connectivity index (χ2n) is 15.6. The number of nitrogens with two attached hydrogens (primary N) is 2. The number of aryl methyl sites for hydroxylation is 3. The Kier molecular flexibility index (Phi) is 26.7. The Morgan fingerprint density at radius 3 is 1.55 bits per heavy atom. The zero-order valence-corrected chi connectivity index (χ0v) is 45.7. The van der Waals surface area contributed by atoms with E-state index in [0.29, 0.717) is 31.6 Å². The van der Waals surface area contributed by atoms with Crippen LogP contribution in [-0.2, 0) is 52.7 Å². The molecule has 3 aliphatic heterocycles. The van der Waals surface area contributed by atoms with Crippen LogP contribution in [0.15, 0.2) is 97.1 Å². The molecular weight excluding hydrogens is 1170 g/mol. The predicted octanol–water partition coefficient (Wildman–Crippen LogP) is 8.67. The Balaban J connectivity index is 0.000000250. The smallest absolute Gasteiger partial charge is 0.335 e. The number of halogens is 1. The zero-order valence-electron chi connectivity index (χ0n) is 41.5. The van der Waals surface area contributed by atoms with Crippen molar-refractivity contribution in [2.45, 2.75) is 52.4 Å². The number of nitro benzene ring substituents is 4. The van der Waals surface area contributed by atoms with Crippen LogP contribution in [0.2, 0.25) is 0 Å². The van der Waals surface area contributed by atoms with Crippen molar-refractivity contribution in [2.24, 2.45) is 5.84 Å². The van der Waals surface area contributed by atoms with Crippen LogP contribution < -0.4 is 33.0 Å². The third-order valence-electron chi connectivity index (χ3n) is 10.3. The fraction of sp³-hybridized carbons (Fsp3) is 0.204. The van der Waals surface area contributed by atoms with Crippen molar-refractivity contribution in [3.05, 3.63) is 169 Å². The van der Waals surface area contributed by atoms with E-state index >= 15 is 0 Å². The van der Waals surface area contributed by atoms with Gasteiger partial charge in [-0.2, -0.15) is 0 Å². The Morgan fingerprint density at radius 2 is 1.09 bits per heavy atom. The molecule has 410 valence electrons. The molecular formula is C49H51IN10O16P2. The second-order valence-corrected chi connectivity index (χ2v) is 18.3. The maximum atomic E-state index is 11.1. The Hall–Kier alpha value is -8.65. The van der Waals surface area contributed by atoms with Crippen molar-refractivity contribution in [1.29, 1.82) is 0 Å². The SMILES string of the molecule is CCOC(=O)/C=C\c1ccc([N+](=O)[O-])cc1[N+](=O)[O-].CCOC(=O)C=PP.NNc1ccc2c(c1)NC(=O)CC2.Nc1ccc2c(c1)NC(=O)CC2.O=C1CCc2ccc(I)cc2N1.O=Cc1ccc([N+](=O)[O-])cc1[N+](=O)[O-]. The van der Waals surface area contributed by atoms with Crippen LogP contribution in [-0.4, -0.2) is 74.6 Å². The lowest BCUT2D eigenvalue weighted by atomic mass is 10.0. The van der Waals surface area contributed by atoms with E-state index < -0.39 is 42.7 Å². The molecule has 29 heteroatoms. The van der Waals surface area contributed by atoms with E-state index in [4.69, 9.17) is 11.6 Å². The first-order valence-corrected chi connectivity index (χ1v) is 26.5. The highest BCUT2D eigenvalue weighted by Gasteiger charge is 2.20. The number of nitrogens with zero attached hydrogens (tertiary/aromatic N) is 4. The highest BCUT2D eigenvalue weighted by atomic mass is 127. The lowest BCUT2D eigenvalue weighted by molar-refractivity contribution is -0.394. The molecule has 0 fully saturated rings. The summed E-state index contributed by atoms with van der Waals surface area (Å²) in [6.07, 6.45) is 6.76. The number of ether oxygens (including phenoxy) is 2. The van der Waals surface area contributed by atoms with E-state index in [2.05, 4.69) is 74.5 Å². The molecule has 5 aromatic rings. The highest BCUT2D eigenvalue weighted by molar-refractivity contribution is 14.1. The summed E-state index contributed by atoms with van der Waals surface area (Å²) >= 11 is 2.24. The molecule has 0 saturated heterocycles. The number of nitro groups is 4. The standard InChI is InChI=1S/C11H10N2O6.C9H8INO.C9H11N3O.C9H10N2O.C7H4N2O5.C4H8O2P2/c1-2-19-11(14)6-4-8-3-5-9(12(15)16)7-10(8)13(17)18;10-7-3-1-6-2-4-9(12)11-8(6)5-7;10-12-7-3-1-6-2-4-9(13)11-8(6)5-7;10-7-3-1-6-2-4-9(12)11-8(6)5-7;10-4-5-1-2-6(8(11)12)3-7(5)9(13)14;1-2-6-4(5)3-8-7/h3-7H,2H2,1H3;1,3,5H,2,4H2,(H,11,12);1,3,5,12H,2,4,10H2,(H,11,13);1,3,5H,2,4,10H2,(H,11,12);1-4H;3H,2,7H2,1H3/b6-4-;;;;;. The fourth-order valence-corrected chi connectivity index (χ4v) is 7.68. The lowest BCUT2D eigenvalue weighted by Crippen LogP contribution is -2.19. The summed E-state index contributed by atoms with van der Waals surface area (Å²) < 4.78 is 10.4. The second kappa shape index (κ2) is 32.7. The van der Waals surface area contributed by atoms with Gasteiger partial charge in [0.15, 0.2) is 6.29 Å². The number of nitrogen functional groups attached to an aromatic ring is 2. The van der Waals surface area contributed by atoms with E-state index in [-0.39, 0.29) is 53.4 Å². The molecule has 8 rings (SSSR count). The summed E-state index contributed by atoms with van der Waals surface area (Å²) in [5, 5.41) is 50.4. The number of aldehydes is 1. The molecule has 8 N–H and O–H groups in total. The minimum Gasteiger partial charge on any atom is -0.463 e. The van der Waals surface area contributed by atoms with Crippen LogP contribution >= 0.6 is 39.4 Å². The number of rotatable bonds is 11. The van der Waals surface area contributed by atoms with Gasteiger partial charge in [-0.05, 0) is 127 Å². The van der Waals surface area contributed by atoms with Crippen LogP contribution in [0.5, 0.6) is 0 Å². The minimum atomic E-state index is -0.837. The van der Waals surface area contributed by atoms with Crippen LogP contribution in [0.25, 0.3) is 6.08 Å². The van der Waals surface area contributed by atoms with E-state index in [1.54, 1.807) is 19.9 Å². The summed E-state index contributed by atoms with van der Waals surface area (Å²) in [6.45, 7) is 4.05. The molecule has 0 radical (unpaired) electrons. The monoisotopic (exact) mass is 1220 g/mol. The van der Waals surface area contributed by atoms with Crippen LogP contribution in [0.3, 0.4) is 0 Å². The van der Waals surface area contributed by atoms with Gasteiger partial charge in [-0.3, -0.25) is 65.5 Å². The summed E-state index contributed by atoms with van der Waals surface area (Å²) in [6, 6.07) is 23.5. The van der Waals surface area contributed by atoms with Crippen molar-refractivity contribution in [3.8, 4) is 0 Å². The van der Waals surface area contributed by atoms with E-state index in [1.165, 1.54) is 34.6 Å². The number of hydrogen-bond acceptors (Lipinski definition) is 19. The molecule has 3 heterocycles. The summed E-state index contributed by atoms with van der Waals surface area (Å²) in [7, 11) is 3.26. The first-order valence-electron chi connectivity index (χ1n) is 22.8. The molecule has 0 aliphatic carbocycles. The number of carbonyl (C=O) groups is 6. The molecule has 0 saturated carbocycles. The van der Waals surface area contributed by atoms with Gasteiger partial charge in [-0.15, -0.1) is 0 Å². The number of amides is 3. The van der Waals surface area contributed by atoms with Gasteiger partial charge in [0.1, 0.15) is 0 Å². The number of benzene rings is 5. The number of fused-ring (bicyclic) bond motifs is 3. The zero-order chi connectivity index (χ0) is 57.9. The van der Waals surface area contributed by atoms with Crippen LogP contribution in [0.4, 0.5) is 51.2 Å². The largest absolute Gasteiger partial charge is 0.463 e. The Morgan fingerprint density at radius 1 is 0.641 bits per heavy atom. The van der Waals surface area contributed by atoms with Crippen LogP contribution in [0, 0.1) is 44.0 Å². The lowest BCUT2D eigenvalue weighted by Gasteiger charge is -2.17. The molecule has 1 unspecified atom stereocenters. The maximum Gasteiger partial charge on any atom is 0.335 e. The Bertz CT molecular complexity index is 3060. The van der Waals surface area contributed by atoms with Gasteiger partial charge in [0, 0.05) is 63.8 Å². The van der Waals surface area contributed by atoms with Gasteiger partial charge >= 0.3 is 11.9 Å². The quantitative estimate of drug-likeness (QED) is 0.00828. The van der Waals surface area contributed by atoms with Crippen molar-refractivity contribution in [2.75, 3.05) is 40.3 Å². The normalized spacial score (nSPS) is 12.3. The highest BCUT2D eigenvalue weighted by Crippen LogP contribution is 2.28. The summed E-state index contributed by atoms with van der Waals surface area (Å²) in [5.41, 5.74) is 14.0. The van der Waals surface area contributed by atoms with Gasteiger partial charge in [0.05, 0.1) is 67.7 Å². The van der Waals surface area contributed by atoms with Crippen molar-refractivity contribution >= 4 is 138 Å². The van der Waals surface area contributed by atoms with Crippen molar-refractivity contribution in [3.63, 3.8) is 0 Å². The number of hydrogen-bond donors (Lipinski definition) is 6. The van der Waals surface area contributed by atoms with Gasteiger partial charge in [-0.25, -0.2) is 9.59 Å². The number of carbonyl (C=O) groups excluding carboxylic acids is 6. The molecule has 1 atom stereocenters. The summed E-state index contributed by atoms with van der Waals surface area (Å²) in [4.78, 5) is 104. The van der Waals surface area contributed by atoms with Gasteiger partial charge in [-0.1, -0.05) is 35.0 Å². The third kappa shape index (κ3) is 21.5. The number of nitrogens with one attached hydrogen (secondary N) is 4. The van der Waals surface area contributed by atoms with Gasteiger partial charge < -0.3 is 36.6 Å². The van der Waals surface area contributed by atoms with Gasteiger partial charge in [0.2, 0.25) is 17.7 Å². The first-order chi connectivity index (χ1) is 37.1. The molecule has 3 amide bonds. The minimum absolute atomic E-state index is 0.0710. The van der Waals surface area contributed by atoms with Crippen molar-refractivity contribution in [1.82, 2.24) is 0 Å². The average Bonchev–Trinajstić information content (AvgIpc) is 3.41. The van der Waals surface area contributed by atoms with E-state index in [9.17, 15) is 69.2 Å². The third-order valence-corrected chi connectivity index (χ3v) is 11.8. The molecule has 78 heavy (non-hydrogen) atoms. The molecule has 0 aromatic heterocycles.